The Morgan fingerprint density at radius 3 is 2.43 bits per heavy atom. The molecule has 1 aliphatic carbocycles. The largest absolute Gasteiger partial charge is 0.657 e. The topological polar surface area (TPSA) is 56.1 Å². The van der Waals surface area contributed by atoms with E-state index in [1.807, 2.05) is 18.3 Å². The van der Waals surface area contributed by atoms with Gasteiger partial charge in [0.2, 0.25) is 5.91 Å². The predicted molar refractivity (Wildman–Crippen MR) is 153 cm³/mol. The van der Waals surface area contributed by atoms with Gasteiger partial charge in [0, 0.05) is 17.6 Å². The van der Waals surface area contributed by atoms with Crippen LogP contribution in [0.2, 0.25) is 0 Å². The van der Waals surface area contributed by atoms with Crippen LogP contribution in [0, 0.1) is 17.8 Å². The monoisotopic (exact) mass is 496 g/mol. The zero-order valence-corrected chi connectivity index (χ0v) is 22.5. The molecule has 2 aromatic carbocycles. The quantitative estimate of drug-likeness (QED) is 0.344. The summed E-state index contributed by atoms with van der Waals surface area (Å²) in [7, 11) is 0. The summed E-state index contributed by atoms with van der Waals surface area (Å²) in [4.78, 5) is 18.9. The Balaban J connectivity index is 1.51. The Hall–Kier alpha value is -2.72. The first-order valence-corrected chi connectivity index (χ1v) is 14.5. The fourth-order valence-electron chi connectivity index (χ4n) is 6.98. The van der Waals surface area contributed by atoms with Crippen LogP contribution in [0.4, 0.5) is 0 Å². The number of benzene rings is 2. The van der Waals surface area contributed by atoms with Crippen molar-refractivity contribution in [2.75, 3.05) is 6.54 Å². The van der Waals surface area contributed by atoms with Gasteiger partial charge in [0.05, 0.1) is 11.4 Å². The van der Waals surface area contributed by atoms with E-state index in [1.54, 1.807) is 0 Å². The number of fused-ring (bicyclic) bond motifs is 1. The first-order valence-electron chi connectivity index (χ1n) is 14.5. The molecule has 5 atom stereocenters. The molecule has 4 heteroatoms. The number of hydrogen-bond donors (Lipinski definition) is 1. The fourth-order valence-corrected chi connectivity index (χ4v) is 6.98. The SMILES string of the molecule is CC[C@H]1C[N-][C@@H]([C@H](NC(=O)C(c2ccccc2)C2CCCCC2)c2ccnc3ccccc23)C[C@@H]1CC. The van der Waals surface area contributed by atoms with E-state index in [-0.39, 0.29) is 23.9 Å². The van der Waals surface area contributed by atoms with E-state index in [2.05, 4.69) is 72.7 Å². The lowest BCUT2D eigenvalue weighted by molar-refractivity contribution is -0.125. The zero-order valence-electron chi connectivity index (χ0n) is 22.5. The fraction of sp³-hybridized carbons (Fsp3) is 0.515. The third kappa shape index (κ3) is 5.75. The van der Waals surface area contributed by atoms with E-state index in [1.165, 1.54) is 25.7 Å². The predicted octanol–water partition coefficient (Wildman–Crippen LogP) is 7.95. The molecule has 4 nitrogen and oxygen atoms in total. The van der Waals surface area contributed by atoms with Crippen LogP contribution in [0.3, 0.4) is 0 Å². The van der Waals surface area contributed by atoms with Crippen LogP contribution in [0.1, 0.15) is 88.3 Å². The molecule has 1 aromatic heterocycles. The lowest BCUT2D eigenvalue weighted by Gasteiger charge is -2.50. The molecule has 37 heavy (non-hydrogen) atoms. The Morgan fingerprint density at radius 1 is 0.946 bits per heavy atom. The van der Waals surface area contributed by atoms with Crippen LogP contribution in [-0.2, 0) is 4.79 Å². The van der Waals surface area contributed by atoms with Gasteiger partial charge in [0.1, 0.15) is 0 Å². The molecule has 1 unspecified atom stereocenters. The summed E-state index contributed by atoms with van der Waals surface area (Å²) < 4.78 is 0. The molecule has 2 aliphatic rings. The number of nitrogens with one attached hydrogen (secondary N) is 1. The third-order valence-electron chi connectivity index (χ3n) is 9.10. The number of rotatable bonds is 8. The number of carbonyl (C=O) groups is 1. The van der Waals surface area contributed by atoms with Gasteiger partial charge in [0.25, 0.3) is 0 Å². The molecule has 1 saturated carbocycles. The minimum atomic E-state index is -0.151. The van der Waals surface area contributed by atoms with Crippen molar-refractivity contribution in [3.05, 3.63) is 83.3 Å². The Kier molecular flexibility index (Phi) is 8.55. The van der Waals surface area contributed by atoms with Gasteiger partial charge in [-0.3, -0.25) is 9.78 Å². The molecule has 2 heterocycles. The minimum Gasteiger partial charge on any atom is -0.657 e. The maximum Gasteiger partial charge on any atom is 0.228 e. The molecule has 1 saturated heterocycles. The van der Waals surface area contributed by atoms with Crippen molar-refractivity contribution in [3.8, 4) is 0 Å². The highest BCUT2D eigenvalue weighted by molar-refractivity contribution is 5.87. The number of pyridine rings is 1. The second-order valence-corrected chi connectivity index (χ2v) is 11.2. The normalized spacial score (nSPS) is 24.4. The number of aromatic nitrogens is 1. The van der Waals surface area contributed by atoms with E-state index < -0.39 is 0 Å². The summed E-state index contributed by atoms with van der Waals surface area (Å²) in [5.74, 6) is 1.72. The summed E-state index contributed by atoms with van der Waals surface area (Å²) in [6.45, 7) is 5.48. The highest BCUT2D eigenvalue weighted by atomic mass is 16.2. The molecule has 1 aliphatic heterocycles. The standard InChI is InChI=1S/C33H42N3O/c1-3-23-21-30(35-22-24(23)4-2)32(28-19-20-34-29-18-12-11-17-27(28)29)36-33(37)31(25-13-7-5-8-14-25)26-15-9-6-10-16-26/h5,7-8,11-14,17-20,23-24,26,30-32H,3-4,6,9-10,15-16,21-22H2,1-2H3,(H,36,37)/q-1/t23-,24-,30+,31?,32+/m0/s1. The van der Waals surface area contributed by atoms with Crippen LogP contribution in [0.15, 0.2) is 66.9 Å². The molecule has 1 N–H and O–H groups in total. The first kappa shape index (κ1) is 25.9. The number of hydrogen-bond acceptors (Lipinski definition) is 2. The molecule has 0 spiro atoms. The van der Waals surface area contributed by atoms with Gasteiger partial charge < -0.3 is 10.6 Å². The lowest BCUT2D eigenvalue weighted by atomic mass is 9.75. The summed E-state index contributed by atoms with van der Waals surface area (Å²) >= 11 is 0. The average molecular weight is 497 g/mol. The molecular formula is C33H42N3O-. The number of para-hydroxylation sites is 1. The van der Waals surface area contributed by atoms with Crippen LogP contribution in [-0.4, -0.2) is 23.5 Å². The highest BCUT2D eigenvalue weighted by Crippen LogP contribution is 2.41. The van der Waals surface area contributed by atoms with Crippen LogP contribution in [0.5, 0.6) is 0 Å². The smallest absolute Gasteiger partial charge is 0.228 e. The third-order valence-corrected chi connectivity index (χ3v) is 9.10. The van der Waals surface area contributed by atoms with Gasteiger partial charge in [0.15, 0.2) is 0 Å². The van der Waals surface area contributed by atoms with Gasteiger partial charge in [-0.2, -0.15) is 0 Å². The van der Waals surface area contributed by atoms with Gasteiger partial charge >= 0.3 is 0 Å². The summed E-state index contributed by atoms with van der Waals surface area (Å²) in [5, 5.41) is 9.95. The molecule has 2 fully saturated rings. The second kappa shape index (κ2) is 12.2. The van der Waals surface area contributed by atoms with Crippen LogP contribution >= 0.6 is 0 Å². The Labute approximate surface area is 222 Å². The maximum absolute atomic E-state index is 14.3. The molecular weight excluding hydrogens is 454 g/mol. The summed E-state index contributed by atoms with van der Waals surface area (Å²) in [6, 6.07) is 20.8. The molecule has 0 bridgehead atoms. The van der Waals surface area contributed by atoms with Crippen LogP contribution < -0.4 is 5.32 Å². The maximum atomic E-state index is 14.3. The van der Waals surface area contributed by atoms with Crippen molar-refractivity contribution in [1.29, 1.82) is 0 Å². The van der Waals surface area contributed by atoms with Crippen molar-refractivity contribution < 1.29 is 4.79 Å². The minimum absolute atomic E-state index is 0.0743. The Bertz CT molecular complexity index is 1150. The average Bonchev–Trinajstić information content (AvgIpc) is 2.96. The number of carbonyl (C=O) groups excluding carboxylic acids is 1. The van der Waals surface area contributed by atoms with E-state index in [0.717, 1.165) is 54.3 Å². The molecule has 5 rings (SSSR count). The molecule has 196 valence electrons. The van der Waals surface area contributed by atoms with Gasteiger partial charge in [-0.1, -0.05) is 107 Å². The van der Waals surface area contributed by atoms with Crippen molar-refractivity contribution in [1.82, 2.24) is 10.3 Å². The van der Waals surface area contributed by atoms with Crippen molar-refractivity contribution >= 4 is 16.8 Å². The zero-order chi connectivity index (χ0) is 25.6. The van der Waals surface area contributed by atoms with E-state index >= 15 is 0 Å². The van der Waals surface area contributed by atoms with Gasteiger partial charge in [-0.15, -0.1) is 12.6 Å². The molecule has 3 aromatic rings. The number of piperidine rings is 1. The van der Waals surface area contributed by atoms with Crippen LogP contribution in [0.25, 0.3) is 16.2 Å². The number of nitrogens with zero attached hydrogens (tertiary/aromatic N) is 2. The summed E-state index contributed by atoms with van der Waals surface area (Å²) in [6.07, 6.45) is 11.2. The molecule has 0 radical (unpaired) electrons. The second-order valence-electron chi connectivity index (χ2n) is 11.2. The highest BCUT2D eigenvalue weighted by Gasteiger charge is 2.34. The molecule has 1 amide bonds. The Morgan fingerprint density at radius 2 is 1.68 bits per heavy atom. The van der Waals surface area contributed by atoms with Gasteiger partial charge in [-0.05, 0) is 47.9 Å². The van der Waals surface area contributed by atoms with E-state index in [4.69, 9.17) is 5.32 Å². The van der Waals surface area contributed by atoms with E-state index in [0.29, 0.717) is 17.8 Å². The van der Waals surface area contributed by atoms with Crippen molar-refractivity contribution in [2.45, 2.75) is 83.2 Å². The van der Waals surface area contributed by atoms with Crippen molar-refractivity contribution in [3.63, 3.8) is 0 Å². The summed E-state index contributed by atoms with van der Waals surface area (Å²) in [5.41, 5.74) is 3.26. The van der Waals surface area contributed by atoms with Crippen molar-refractivity contribution in [2.24, 2.45) is 17.8 Å². The van der Waals surface area contributed by atoms with Gasteiger partial charge in [-0.25, -0.2) is 0 Å². The lowest BCUT2D eigenvalue weighted by Crippen LogP contribution is -2.44. The van der Waals surface area contributed by atoms with E-state index in [9.17, 15) is 4.79 Å². The number of amides is 1. The first-order chi connectivity index (χ1) is 18.2.